The highest BCUT2D eigenvalue weighted by Crippen LogP contribution is 2.11. The van der Waals surface area contributed by atoms with Crippen LogP contribution in [-0.2, 0) is 30.2 Å². The molecule has 3 rings (SSSR count). The molecule has 3 aromatic rings. The molecule has 3 N–H and O–H groups in total. The molecule has 156 valence electrons. The van der Waals surface area contributed by atoms with Crippen molar-refractivity contribution < 1.29 is 17.9 Å². The second-order valence-corrected chi connectivity index (χ2v) is 8.21. The number of aryl methyl sites for hydroxylation is 1. The minimum absolute atomic E-state index is 0.00827. The monoisotopic (exact) mass is 427 g/mol. The highest BCUT2D eigenvalue weighted by molar-refractivity contribution is 7.89. The molecule has 0 spiro atoms. The number of nitrogens with two attached hydrogens (primary N) is 1. The Morgan fingerprint density at radius 2 is 1.73 bits per heavy atom. The number of hydrogen-bond acceptors (Lipinski definition) is 5. The number of primary sulfonamides is 1. The second-order valence-electron chi connectivity index (χ2n) is 6.64. The summed E-state index contributed by atoms with van der Waals surface area (Å²) in [5.41, 5.74) is 1.39. The largest absolute Gasteiger partial charge is 0.483 e. The smallest absolute Gasteiger partial charge is 0.268 e. The average Bonchev–Trinajstić information content (AvgIpc) is 2.72. The van der Waals surface area contributed by atoms with E-state index < -0.39 is 21.4 Å². The normalized spacial score (nSPS) is 11.1. The Balaban J connectivity index is 1.66. The lowest BCUT2D eigenvalue weighted by Crippen LogP contribution is -2.27. The molecule has 0 bridgehead atoms. The first-order chi connectivity index (χ1) is 14.2. The fourth-order valence-electron chi connectivity index (χ4n) is 2.75. The maximum Gasteiger partial charge on any atom is 0.268 e. The summed E-state index contributed by atoms with van der Waals surface area (Å²) in [4.78, 5) is 24.8. The number of benzene rings is 2. The maximum absolute atomic E-state index is 12.5. The molecule has 30 heavy (non-hydrogen) atoms. The lowest BCUT2D eigenvalue weighted by molar-refractivity contribution is 0.0941. The number of pyridine rings is 1. The molecule has 0 aliphatic rings. The summed E-state index contributed by atoms with van der Waals surface area (Å²) >= 11 is 0. The van der Waals surface area contributed by atoms with Crippen molar-refractivity contribution in [2.45, 2.75) is 18.0 Å². The van der Waals surface area contributed by atoms with E-state index in [0.717, 1.165) is 5.56 Å². The molecular weight excluding hydrogens is 406 g/mol. The summed E-state index contributed by atoms with van der Waals surface area (Å²) in [6.07, 6.45) is 1.47. The van der Waals surface area contributed by atoms with Crippen molar-refractivity contribution in [2.75, 3.05) is 0 Å². The van der Waals surface area contributed by atoms with E-state index in [2.05, 4.69) is 5.32 Å². The zero-order valence-electron chi connectivity index (χ0n) is 16.2. The number of carbonyl (C=O) groups excluding carboxylic acids is 1. The number of carbonyl (C=O) groups is 1. The van der Waals surface area contributed by atoms with E-state index in [-0.39, 0.29) is 29.5 Å². The molecule has 8 nitrogen and oxygen atoms in total. The minimum Gasteiger partial charge on any atom is -0.483 e. The van der Waals surface area contributed by atoms with Crippen LogP contribution in [0.1, 0.15) is 21.6 Å². The van der Waals surface area contributed by atoms with Gasteiger partial charge in [0.25, 0.3) is 5.91 Å². The minimum atomic E-state index is -3.77. The van der Waals surface area contributed by atoms with Crippen LogP contribution >= 0.6 is 0 Å². The fraction of sp³-hybridized carbons (Fsp3) is 0.143. The van der Waals surface area contributed by atoms with E-state index in [0.29, 0.717) is 5.56 Å². The summed E-state index contributed by atoms with van der Waals surface area (Å²) in [5, 5.41) is 7.76. The van der Waals surface area contributed by atoms with Gasteiger partial charge in [-0.1, -0.05) is 42.5 Å². The Hall–Kier alpha value is -3.43. The van der Waals surface area contributed by atoms with E-state index in [1.807, 2.05) is 30.3 Å². The van der Waals surface area contributed by atoms with Crippen LogP contribution in [0.2, 0.25) is 0 Å². The van der Waals surface area contributed by atoms with Crippen LogP contribution in [0.5, 0.6) is 5.75 Å². The van der Waals surface area contributed by atoms with Gasteiger partial charge in [-0.15, -0.1) is 0 Å². The quantitative estimate of drug-likeness (QED) is 0.593. The van der Waals surface area contributed by atoms with Crippen molar-refractivity contribution in [3.05, 3.63) is 93.9 Å². The molecule has 2 aromatic carbocycles. The maximum atomic E-state index is 12.5. The Kier molecular flexibility index (Phi) is 6.34. The van der Waals surface area contributed by atoms with Gasteiger partial charge in [0.05, 0.1) is 11.1 Å². The molecule has 1 aromatic heterocycles. The highest BCUT2D eigenvalue weighted by Gasteiger charge is 2.13. The van der Waals surface area contributed by atoms with Crippen LogP contribution in [0.25, 0.3) is 0 Å². The molecule has 0 saturated heterocycles. The first-order valence-corrected chi connectivity index (χ1v) is 10.6. The van der Waals surface area contributed by atoms with E-state index in [1.165, 1.54) is 29.0 Å². The molecule has 9 heteroatoms. The zero-order valence-corrected chi connectivity index (χ0v) is 17.1. The van der Waals surface area contributed by atoms with Gasteiger partial charge < -0.3 is 14.6 Å². The van der Waals surface area contributed by atoms with Crippen molar-refractivity contribution in [2.24, 2.45) is 12.2 Å². The first-order valence-electron chi connectivity index (χ1n) is 9.01. The van der Waals surface area contributed by atoms with E-state index in [9.17, 15) is 18.0 Å². The Labute approximate surface area is 174 Å². The fourth-order valence-corrected chi connectivity index (χ4v) is 3.26. The van der Waals surface area contributed by atoms with Crippen LogP contribution in [0.3, 0.4) is 0 Å². The van der Waals surface area contributed by atoms with Crippen LogP contribution in [-0.4, -0.2) is 18.9 Å². The summed E-state index contributed by atoms with van der Waals surface area (Å²) < 4.78 is 29.7. The number of sulfonamides is 1. The predicted molar refractivity (Wildman–Crippen MR) is 111 cm³/mol. The van der Waals surface area contributed by atoms with Crippen molar-refractivity contribution in [1.82, 2.24) is 9.88 Å². The summed E-state index contributed by atoms with van der Waals surface area (Å²) in [6.45, 7) is 0.403. The van der Waals surface area contributed by atoms with Crippen molar-refractivity contribution >= 4 is 15.9 Å². The number of hydrogen-bond donors (Lipinski definition) is 2. The second kappa shape index (κ2) is 8.93. The molecule has 1 amide bonds. The van der Waals surface area contributed by atoms with Crippen molar-refractivity contribution in [3.8, 4) is 5.75 Å². The van der Waals surface area contributed by atoms with E-state index >= 15 is 0 Å². The van der Waals surface area contributed by atoms with Gasteiger partial charge in [-0.3, -0.25) is 9.59 Å². The molecule has 0 saturated carbocycles. The average molecular weight is 427 g/mol. The van der Waals surface area contributed by atoms with E-state index in [1.54, 1.807) is 19.2 Å². The number of amides is 1. The van der Waals surface area contributed by atoms with Crippen LogP contribution < -0.4 is 20.6 Å². The number of nitrogens with one attached hydrogen (secondary N) is 1. The lowest BCUT2D eigenvalue weighted by atomic mass is 10.2. The van der Waals surface area contributed by atoms with Gasteiger partial charge >= 0.3 is 0 Å². The van der Waals surface area contributed by atoms with Gasteiger partial charge in [0.15, 0.2) is 5.75 Å². The van der Waals surface area contributed by atoms with Gasteiger partial charge in [-0.05, 0) is 23.3 Å². The predicted octanol–water partition coefficient (Wildman–Crippen LogP) is 1.54. The van der Waals surface area contributed by atoms with Crippen LogP contribution in [0.15, 0.2) is 76.6 Å². The molecule has 0 aliphatic carbocycles. The first kappa shape index (κ1) is 21.3. The van der Waals surface area contributed by atoms with Crippen LogP contribution in [0, 0.1) is 0 Å². The number of nitrogens with zero attached hydrogens (tertiary/aromatic N) is 1. The molecule has 0 atom stereocenters. The molecule has 1 heterocycles. The van der Waals surface area contributed by atoms with Gasteiger partial charge in [0.2, 0.25) is 15.5 Å². The molecule has 0 radical (unpaired) electrons. The summed E-state index contributed by atoms with van der Waals surface area (Å²) in [5.74, 6) is -0.295. The van der Waals surface area contributed by atoms with Crippen LogP contribution in [0.4, 0.5) is 0 Å². The molecule has 0 aliphatic heterocycles. The van der Waals surface area contributed by atoms with Gasteiger partial charge in [-0.25, -0.2) is 13.6 Å². The van der Waals surface area contributed by atoms with Crippen molar-refractivity contribution in [3.63, 3.8) is 0 Å². The SMILES string of the molecule is Cn1cc(OCc2ccccc2)c(=O)cc1C(=O)NCc1ccc(S(N)(=O)=O)cc1. The number of rotatable bonds is 7. The third-order valence-corrected chi connectivity index (χ3v) is 5.31. The standard InChI is InChI=1S/C21H21N3O5S/c1-24-13-20(29-14-16-5-3-2-4-6-16)19(25)11-18(24)21(26)23-12-15-7-9-17(10-8-15)30(22,27)28/h2-11,13H,12,14H2,1H3,(H,23,26)(H2,22,27,28). The Morgan fingerprint density at radius 1 is 1.07 bits per heavy atom. The summed E-state index contributed by atoms with van der Waals surface area (Å²) in [7, 11) is -2.12. The van der Waals surface area contributed by atoms with E-state index in [4.69, 9.17) is 9.88 Å². The van der Waals surface area contributed by atoms with Gasteiger partial charge in [-0.2, -0.15) is 0 Å². The Morgan fingerprint density at radius 3 is 2.37 bits per heavy atom. The van der Waals surface area contributed by atoms with Gasteiger partial charge in [0, 0.05) is 19.7 Å². The highest BCUT2D eigenvalue weighted by atomic mass is 32.2. The third-order valence-electron chi connectivity index (χ3n) is 4.38. The third kappa shape index (κ3) is 5.34. The molecular formula is C21H21N3O5S. The Bertz CT molecular complexity index is 1200. The van der Waals surface area contributed by atoms with Crippen molar-refractivity contribution in [1.29, 1.82) is 0 Å². The summed E-state index contributed by atoms with van der Waals surface area (Å²) in [6, 6.07) is 16.5. The lowest BCUT2D eigenvalue weighted by Gasteiger charge is -2.12. The topological polar surface area (TPSA) is 120 Å². The zero-order chi connectivity index (χ0) is 21.7. The molecule has 0 fully saturated rings. The number of ether oxygens (including phenoxy) is 1. The molecule has 0 unspecified atom stereocenters. The van der Waals surface area contributed by atoms with Gasteiger partial charge in [0.1, 0.15) is 12.3 Å². The number of aromatic nitrogens is 1.